The first-order valence-electron chi connectivity index (χ1n) is 10.6. The molecule has 1 aliphatic rings. The number of hydrogen-bond acceptors (Lipinski definition) is 7. The second-order valence-corrected chi connectivity index (χ2v) is 8.46. The van der Waals surface area contributed by atoms with Crippen LogP contribution in [0.25, 0.3) is 11.5 Å². The van der Waals surface area contributed by atoms with Crippen molar-refractivity contribution in [2.24, 2.45) is 13.0 Å². The van der Waals surface area contributed by atoms with Gasteiger partial charge in [0.05, 0.1) is 14.2 Å². The van der Waals surface area contributed by atoms with Crippen LogP contribution < -0.4 is 10.1 Å². The van der Waals surface area contributed by atoms with Crippen LogP contribution in [-0.2, 0) is 16.6 Å². The number of aromatic nitrogens is 5. The summed E-state index contributed by atoms with van der Waals surface area (Å²) in [6, 6.07) is 4.67. The van der Waals surface area contributed by atoms with Crippen molar-refractivity contribution in [3.63, 3.8) is 0 Å². The lowest BCUT2D eigenvalue weighted by Gasteiger charge is -2.32. The molecule has 0 aliphatic carbocycles. The molecule has 14 heteroatoms. The number of rotatable bonds is 5. The number of carbonyl (C=O) groups is 1. The van der Waals surface area contributed by atoms with Crippen molar-refractivity contribution in [3.05, 3.63) is 47.7 Å². The molecule has 4 rings (SSSR count). The van der Waals surface area contributed by atoms with Gasteiger partial charge in [0.1, 0.15) is 11.8 Å². The van der Waals surface area contributed by atoms with E-state index in [0.717, 1.165) is 26.2 Å². The fraction of sp³-hybridized carbons (Fsp3) is 0.409. The van der Waals surface area contributed by atoms with Gasteiger partial charge in [-0.25, -0.2) is 4.39 Å². The Bertz CT molecular complexity index is 1300. The highest BCUT2D eigenvalue weighted by Gasteiger charge is 2.65. The van der Waals surface area contributed by atoms with Gasteiger partial charge in [0, 0.05) is 29.3 Å². The number of anilines is 1. The number of hydrogen-bond donors (Lipinski definition) is 1. The molecular formula is C22H21F5N6O3. The van der Waals surface area contributed by atoms with Crippen molar-refractivity contribution in [3.8, 4) is 17.3 Å². The van der Waals surface area contributed by atoms with Gasteiger partial charge in [-0.3, -0.25) is 9.78 Å². The number of pyridine rings is 1. The molecule has 1 N–H and O–H groups in total. The van der Waals surface area contributed by atoms with Gasteiger partial charge in [-0.1, -0.05) is 13.0 Å². The Morgan fingerprint density at radius 3 is 2.58 bits per heavy atom. The van der Waals surface area contributed by atoms with E-state index >= 15 is 0 Å². The van der Waals surface area contributed by atoms with Crippen LogP contribution in [-0.4, -0.2) is 56.1 Å². The summed E-state index contributed by atoms with van der Waals surface area (Å²) in [7, 11) is 2.60. The van der Waals surface area contributed by atoms with E-state index in [1.165, 1.54) is 30.0 Å². The summed E-state index contributed by atoms with van der Waals surface area (Å²) in [5.41, 5.74) is -2.47. The Morgan fingerprint density at radius 1 is 1.25 bits per heavy atom. The predicted molar refractivity (Wildman–Crippen MR) is 115 cm³/mol. The second-order valence-electron chi connectivity index (χ2n) is 8.46. The summed E-state index contributed by atoms with van der Waals surface area (Å²) >= 11 is 0. The summed E-state index contributed by atoms with van der Waals surface area (Å²) in [5.74, 6) is -6.70. The molecule has 0 bridgehead atoms. The average Bonchev–Trinajstić information content (AvgIpc) is 3.37. The number of tetrazole rings is 1. The van der Waals surface area contributed by atoms with E-state index in [2.05, 4.69) is 25.7 Å². The summed E-state index contributed by atoms with van der Waals surface area (Å²) < 4.78 is 80.8. The second kappa shape index (κ2) is 9.08. The van der Waals surface area contributed by atoms with Crippen LogP contribution in [0.5, 0.6) is 5.75 Å². The lowest BCUT2D eigenvalue weighted by atomic mass is 9.77. The average molecular weight is 512 g/mol. The van der Waals surface area contributed by atoms with E-state index in [4.69, 9.17) is 9.47 Å². The van der Waals surface area contributed by atoms with E-state index in [1.807, 2.05) is 0 Å². The molecule has 1 aromatic carbocycles. The van der Waals surface area contributed by atoms with Gasteiger partial charge in [0.15, 0.2) is 17.2 Å². The molecule has 1 saturated heterocycles. The van der Waals surface area contributed by atoms with Crippen LogP contribution in [0.15, 0.2) is 30.5 Å². The van der Waals surface area contributed by atoms with Crippen molar-refractivity contribution >= 4 is 11.6 Å². The molecule has 0 saturated carbocycles. The first kappa shape index (κ1) is 25.4. The van der Waals surface area contributed by atoms with Crippen LogP contribution >= 0.6 is 0 Å². The predicted octanol–water partition coefficient (Wildman–Crippen LogP) is 3.64. The summed E-state index contributed by atoms with van der Waals surface area (Å²) in [6.07, 6.45) is -5.25. The molecule has 0 spiro atoms. The highest BCUT2D eigenvalue weighted by atomic mass is 19.4. The Labute approximate surface area is 201 Å². The van der Waals surface area contributed by atoms with Crippen LogP contribution in [0.2, 0.25) is 0 Å². The van der Waals surface area contributed by atoms with Crippen molar-refractivity contribution in [1.82, 2.24) is 25.2 Å². The van der Waals surface area contributed by atoms with Crippen molar-refractivity contribution in [2.75, 3.05) is 12.4 Å². The number of halogens is 5. The summed E-state index contributed by atoms with van der Waals surface area (Å²) in [5, 5.41) is 14.0. The van der Waals surface area contributed by atoms with E-state index in [1.54, 1.807) is 7.05 Å². The number of amides is 1. The van der Waals surface area contributed by atoms with Gasteiger partial charge in [0.25, 0.3) is 5.91 Å². The first-order chi connectivity index (χ1) is 16.9. The Balaban J connectivity index is 1.73. The highest BCUT2D eigenvalue weighted by Crippen LogP contribution is 2.55. The third kappa shape index (κ3) is 4.25. The summed E-state index contributed by atoms with van der Waals surface area (Å²) in [6.45, 7) is 2.05. The number of benzene rings is 1. The molecule has 1 amide bonds. The molecule has 192 valence electrons. The van der Waals surface area contributed by atoms with Gasteiger partial charge in [-0.15, -0.1) is 10.2 Å². The molecule has 4 unspecified atom stereocenters. The molecule has 4 atom stereocenters. The van der Waals surface area contributed by atoms with Gasteiger partial charge >= 0.3 is 6.18 Å². The van der Waals surface area contributed by atoms with E-state index in [9.17, 15) is 26.7 Å². The minimum absolute atomic E-state index is 0.129. The molecule has 3 aromatic rings. The van der Waals surface area contributed by atoms with Crippen LogP contribution in [0, 0.1) is 17.6 Å². The van der Waals surface area contributed by atoms with Crippen LogP contribution in [0.3, 0.4) is 0 Å². The largest absolute Gasteiger partial charge is 0.493 e. The first-order valence-corrected chi connectivity index (χ1v) is 10.6. The molecule has 1 fully saturated rings. The Kier molecular flexibility index (Phi) is 6.41. The third-order valence-electron chi connectivity index (χ3n) is 6.34. The number of ether oxygens (including phenoxy) is 2. The molecule has 1 aliphatic heterocycles. The number of alkyl halides is 3. The molecule has 9 nitrogen and oxygen atoms in total. The zero-order valence-electron chi connectivity index (χ0n) is 19.5. The minimum Gasteiger partial charge on any atom is -0.493 e. The quantitative estimate of drug-likeness (QED) is 0.521. The number of nitrogens with zero attached hydrogens (tertiary/aromatic N) is 5. The Hall–Kier alpha value is -3.68. The van der Waals surface area contributed by atoms with Crippen molar-refractivity contribution in [1.29, 1.82) is 0 Å². The number of carbonyl (C=O) groups excluding carboxylic acids is 1. The minimum atomic E-state index is -4.87. The molecule has 36 heavy (non-hydrogen) atoms. The lowest BCUT2D eigenvalue weighted by molar-refractivity contribution is -0.272. The van der Waals surface area contributed by atoms with Gasteiger partial charge < -0.3 is 14.8 Å². The van der Waals surface area contributed by atoms with E-state index < -0.39 is 53.0 Å². The lowest BCUT2D eigenvalue weighted by Crippen LogP contribution is -2.47. The SMILES string of the molecule is COc1c(C2C(C(=O)Nc3ccnc(-c4nnn(C)n4)c3)OC(C)(C(F)(F)F)C2C)ccc(F)c1F. The fourth-order valence-corrected chi connectivity index (χ4v) is 4.27. The zero-order chi connectivity index (χ0) is 26.4. The topological polar surface area (TPSA) is 104 Å². The maximum atomic E-state index is 14.5. The van der Waals surface area contributed by atoms with Crippen molar-refractivity contribution in [2.45, 2.75) is 37.6 Å². The van der Waals surface area contributed by atoms with Gasteiger partial charge in [0.2, 0.25) is 11.6 Å². The molecule has 0 radical (unpaired) electrons. The molecular weight excluding hydrogens is 491 g/mol. The zero-order valence-corrected chi connectivity index (χ0v) is 19.5. The standard InChI is InChI=1S/C22H21F5N6O3/c1-10-15(12-5-6-13(23)16(24)17(12)35-4)18(36-21(10,2)22(25,26)27)20(34)29-11-7-8-28-14(9-11)19-30-32-33(3)31-19/h5-10,15,18H,1-4H3,(H,28,29,34). The van der Waals surface area contributed by atoms with E-state index in [0.29, 0.717) is 0 Å². The smallest absolute Gasteiger partial charge is 0.417 e. The normalized spacial score (nSPS) is 24.1. The number of nitrogens with one attached hydrogen (secondary N) is 1. The maximum absolute atomic E-state index is 14.5. The Morgan fingerprint density at radius 2 is 1.97 bits per heavy atom. The van der Waals surface area contributed by atoms with Gasteiger partial charge in [-0.2, -0.15) is 22.4 Å². The van der Waals surface area contributed by atoms with Crippen LogP contribution in [0.1, 0.15) is 25.3 Å². The van der Waals surface area contributed by atoms with Crippen LogP contribution in [0.4, 0.5) is 27.6 Å². The molecule has 3 heterocycles. The summed E-state index contributed by atoms with van der Waals surface area (Å²) in [4.78, 5) is 18.6. The number of methoxy groups -OCH3 is 1. The number of aryl methyl sites for hydroxylation is 1. The van der Waals surface area contributed by atoms with Gasteiger partial charge in [-0.05, 0) is 30.3 Å². The molecule has 2 aromatic heterocycles. The monoisotopic (exact) mass is 512 g/mol. The highest BCUT2D eigenvalue weighted by molar-refractivity contribution is 5.95. The fourth-order valence-electron chi connectivity index (χ4n) is 4.27. The third-order valence-corrected chi connectivity index (χ3v) is 6.34. The maximum Gasteiger partial charge on any atom is 0.417 e. The van der Waals surface area contributed by atoms with E-state index in [-0.39, 0.29) is 22.8 Å². The van der Waals surface area contributed by atoms with Crippen molar-refractivity contribution < 1.29 is 36.2 Å².